The van der Waals surface area contributed by atoms with Gasteiger partial charge in [0, 0.05) is 25.0 Å². The van der Waals surface area contributed by atoms with Gasteiger partial charge < -0.3 is 15.6 Å². The lowest BCUT2D eigenvalue weighted by molar-refractivity contribution is -0.134. The van der Waals surface area contributed by atoms with Gasteiger partial charge in [-0.25, -0.2) is 4.98 Å². The van der Waals surface area contributed by atoms with Crippen LogP contribution in [-0.4, -0.2) is 34.3 Å². The molecule has 0 fully saturated rings. The fourth-order valence-corrected chi connectivity index (χ4v) is 2.07. The zero-order chi connectivity index (χ0) is 20.1. The van der Waals surface area contributed by atoms with Crippen LogP contribution in [0.15, 0.2) is 18.3 Å². The molecular weight excluding hydrogens is 349 g/mol. The molecule has 8 heteroatoms. The number of aryl methyl sites for hydroxylation is 1. The standard InChI is InChI=1S/C18H25F3N2O3/c1-11(2)16(24)12(9-22)13-5-6-15(26-10-17(3,4)25)14(23-13)7-8-18(19,20)21/h5-6,9,11,25H,7-8,10,22H2,1-4H3. The summed E-state index contributed by atoms with van der Waals surface area (Å²) in [6, 6.07) is 2.91. The summed E-state index contributed by atoms with van der Waals surface area (Å²) in [5, 5.41) is 9.75. The van der Waals surface area contributed by atoms with Crippen LogP contribution in [0.4, 0.5) is 13.2 Å². The van der Waals surface area contributed by atoms with Gasteiger partial charge in [-0.15, -0.1) is 0 Å². The molecule has 0 aromatic carbocycles. The third-order valence-electron chi connectivity index (χ3n) is 3.39. The molecule has 1 aromatic heterocycles. The number of hydrogen-bond donors (Lipinski definition) is 2. The lowest BCUT2D eigenvalue weighted by atomic mass is 9.98. The number of allylic oxidation sites excluding steroid dienone is 1. The van der Waals surface area contributed by atoms with Gasteiger partial charge in [0.1, 0.15) is 12.4 Å². The number of pyridine rings is 1. The minimum atomic E-state index is -4.36. The maximum absolute atomic E-state index is 12.6. The maximum Gasteiger partial charge on any atom is 0.389 e. The summed E-state index contributed by atoms with van der Waals surface area (Å²) in [4.78, 5) is 16.4. The van der Waals surface area contributed by atoms with E-state index in [0.29, 0.717) is 0 Å². The summed E-state index contributed by atoms with van der Waals surface area (Å²) in [5.41, 5.74) is 4.76. The normalized spacial score (nSPS) is 13.2. The van der Waals surface area contributed by atoms with Crippen molar-refractivity contribution in [2.75, 3.05) is 6.61 Å². The monoisotopic (exact) mass is 374 g/mol. The van der Waals surface area contributed by atoms with Crippen LogP contribution in [0.25, 0.3) is 5.57 Å². The fraction of sp³-hybridized carbons (Fsp3) is 0.556. The van der Waals surface area contributed by atoms with Crippen molar-refractivity contribution in [3.05, 3.63) is 29.7 Å². The van der Waals surface area contributed by atoms with Crippen molar-refractivity contribution in [3.63, 3.8) is 0 Å². The minimum Gasteiger partial charge on any atom is -0.489 e. The number of aliphatic hydroxyl groups is 1. The first-order chi connectivity index (χ1) is 11.8. The highest BCUT2D eigenvalue weighted by molar-refractivity contribution is 6.20. The summed E-state index contributed by atoms with van der Waals surface area (Å²) in [6.45, 7) is 6.30. The second-order valence-electron chi connectivity index (χ2n) is 6.96. The zero-order valence-corrected chi connectivity index (χ0v) is 15.4. The van der Waals surface area contributed by atoms with Crippen molar-refractivity contribution in [3.8, 4) is 5.75 Å². The van der Waals surface area contributed by atoms with Crippen molar-refractivity contribution in [1.82, 2.24) is 4.98 Å². The van der Waals surface area contributed by atoms with Crippen LogP contribution in [0.2, 0.25) is 0 Å². The number of halogens is 3. The number of nitrogens with two attached hydrogens (primary N) is 1. The molecule has 1 aromatic rings. The molecule has 0 radical (unpaired) electrons. The molecule has 3 N–H and O–H groups in total. The van der Waals surface area contributed by atoms with E-state index in [1.165, 1.54) is 26.0 Å². The van der Waals surface area contributed by atoms with Crippen LogP contribution in [0.3, 0.4) is 0 Å². The first kappa shape index (κ1) is 22.0. The molecule has 0 unspecified atom stereocenters. The van der Waals surface area contributed by atoms with Crippen LogP contribution in [0.1, 0.15) is 45.5 Å². The van der Waals surface area contributed by atoms with E-state index >= 15 is 0 Å². The highest BCUT2D eigenvalue weighted by Gasteiger charge is 2.28. The number of carbonyl (C=O) groups is 1. The van der Waals surface area contributed by atoms with Crippen molar-refractivity contribution in [1.29, 1.82) is 0 Å². The van der Waals surface area contributed by atoms with Gasteiger partial charge in [0.15, 0.2) is 5.78 Å². The molecule has 0 saturated carbocycles. The van der Waals surface area contributed by atoms with Gasteiger partial charge in [-0.05, 0) is 26.0 Å². The van der Waals surface area contributed by atoms with Crippen LogP contribution < -0.4 is 10.5 Å². The molecule has 1 heterocycles. The Bertz CT molecular complexity index is 663. The Hall–Kier alpha value is -2.09. The van der Waals surface area contributed by atoms with Crippen LogP contribution in [0, 0.1) is 5.92 Å². The van der Waals surface area contributed by atoms with E-state index in [0.717, 1.165) is 6.20 Å². The SMILES string of the molecule is CC(C)C(=O)C(=CN)c1ccc(OCC(C)(C)O)c(CCC(F)(F)F)n1. The molecule has 1 rings (SSSR count). The molecule has 0 saturated heterocycles. The predicted molar refractivity (Wildman–Crippen MR) is 92.4 cm³/mol. The molecule has 0 aliphatic carbocycles. The Morgan fingerprint density at radius 2 is 1.96 bits per heavy atom. The molecule has 0 amide bonds. The van der Waals surface area contributed by atoms with Gasteiger partial charge in [0.25, 0.3) is 0 Å². The van der Waals surface area contributed by atoms with Crippen molar-refractivity contribution < 1.29 is 27.8 Å². The lowest BCUT2D eigenvalue weighted by Crippen LogP contribution is -2.28. The van der Waals surface area contributed by atoms with Gasteiger partial charge in [-0.2, -0.15) is 13.2 Å². The van der Waals surface area contributed by atoms with E-state index in [1.54, 1.807) is 13.8 Å². The number of carbonyl (C=O) groups excluding carboxylic acids is 1. The zero-order valence-electron chi connectivity index (χ0n) is 15.4. The van der Waals surface area contributed by atoms with Crippen molar-refractivity contribution >= 4 is 11.4 Å². The van der Waals surface area contributed by atoms with E-state index in [-0.39, 0.29) is 41.0 Å². The fourth-order valence-electron chi connectivity index (χ4n) is 2.07. The first-order valence-electron chi connectivity index (χ1n) is 8.22. The number of hydrogen-bond acceptors (Lipinski definition) is 5. The Labute approximate surface area is 151 Å². The average molecular weight is 374 g/mol. The van der Waals surface area contributed by atoms with Crippen LogP contribution >= 0.6 is 0 Å². The van der Waals surface area contributed by atoms with E-state index < -0.39 is 24.6 Å². The number of rotatable bonds is 8. The number of ketones is 1. The predicted octanol–water partition coefficient (Wildman–Crippen LogP) is 3.25. The Balaban J connectivity index is 3.22. The molecule has 0 spiro atoms. The Kier molecular flexibility index (Phi) is 7.20. The summed E-state index contributed by atoms with van der Waals surface area (Å²) >= 11 is 0. The molecule has 26 heavy (non-hydrogen) atoms. The highest BCUT2D eigenvalue weighted by atomic mass is 19.4. The van der Waals surface area contributed by atoms with Gasteiger partial charge in [0.05, 0.1) is 22.6 Å². The molecule has 5 nitrogen and oxygen atoms in total. The smallest absolute Gasteiger partial charge is 0.389 e. The van der Waals surface area contributed by atoms with E-state index in [2.05, 4.69) is 4.98 Å². The molecular formula is C18H25F3N2O3. The molecule has 0 aliphatic heterocycles. The van der Waals surface area contributed by atoms with E-state index in [4.69, 9.17) is 10.5 Å². The van der Waals surface area contributed by atoms with Crippen LogP contribution in [-0.2, 0) is 11.2 Å². The van der Waals surface area contributed by atoms with Crippen molar-refractivity contribution in [2.45, 2.75) is 52.3 Å². The quantitative estimate of drug-likeness (QED) is 0.682. The van der Waals surface area contributed by atoms with Gasteiger partial charge in [-0.3, -0.25) is 4.79 Å². The molecule has 0 bridgehead atoms. The van der Waals surface area contributed by atoms with Crippen molar-refractivity contribution in [2.24, 2.45) is 11.7 Å². The summed E-state index contributed by atoms with van der Waals surface area (Å²) < 4.78 is 43.3. The van der Waals surface area contributed by atoms with E-state index in [1.807, 2.05) is 0 Å². The molecule has 0 aliphatic rings. The third-order valence-corrected chi connectivity index (χ3v) is 3.39. The number of aromatic nitrogens is 1. The molecule has 0 atom stereocenters. The first-order valence-corrected chi connectivity index (χ1v) is 8.22. The Morgan fingerprint density at radius 1 is 1.35 bits per heavy atom. The van der Waals surface area contributed by atoms with Gasteiger partial charge >= 0.3 is 6.18 Å². The largest absolute Gasteiger partial charge is 0.489 e. The lowest BCUT2D eigenvalue weighted by Gasteiger charge is -2.20. The van der Waals surface area contributed by atoms with Crippen LogP contribution in [0.5, 0.6) is 5.75 Å². The summed E-state index contributed by atoms with van der Waals surface area (Å²) in [6.07, 6.45) is -4.74. The number of Topliss-reactive ketones (excluding diaryl/α,β-unsaturated/α-hetero) is 1. The van der Waals surface area contributed by atoms with E-state index in [9.17, 15) is 23.1 Å². The average Bonchev–Trinajstić information content (AvgIpc) is 2.50. The summed E-state index contributed by atoms with van der Waals surface area (Å²) in [7, 11) is 0. The maximum atomic E-state index is 12.6. The number of ether oxygens (including phenoxy) is 1. The number of nitrogens with zero attached hydrogens (tertiary/aromatic N) is 1. The second kappa shape index (κ2) is 8.53. The van der Waals surface area contributed by atoms with Gasteiger partial charge in [-0.1, -0.05) is 13.8 Å². The Morgan fingerprint density at radius 3 is 2.42 bits per heavy atom. The minimum absolute atomic E-state index is 0.0555. The summed E-state index contributed by atoms with van der Waals surface area (Å²) in [5.74, 6) is -0.461. The third kappa shape index (κ3) is 7.03. The highest BCUT2D eigenvalue weighted by Crippen LogP contribution is 2.28. The second-order valence-corrected chi connectivity index (χ2v) is 6.96. The molecule has 146 valence electrons. The van der Waals surface area contributed by atoms with Gasteiger partial charge in [0.2, 0.25) is 0 Å². The number of alkyl halides is 3. The topological polar surface area (TPSA) is 85.4 Å².